The zero-order chi connectivity index (χ0) is 14.3. The van der Waals surface area contributed by atoms with E-state index in [9.17, 15) is 8.42 Å². The van der Waals surface area contributed by atoms with Crippen LogP contribution in [0, 0.1) is 0 Å². The van der Waals surface area contributed by atoms with E-state index in [1.54, 1.807) is 7.11 Å². The van der Waals surface area contributed by atoms with E-state index in [2.05, 4.69) is 5.32 Å². The first kappa shape index (κ1) is 13.6. The summed E-state index contributed by atoms with van der Waals surface area (Å²) in [6, 6.07) is 7.61. The van der Waals surface area contributed by atoms with Crippen LogP contribution in [-0.2, 0) is 16.4 Å². The SMILES string of the molecule is COc1cccc(CN2C(=S)NC3CS(=O)(=O)CC32)c1. The highest BCUT2D eigenvalue weighted by Crippen LogP contribution is 2.26. The lowest BCUT2D eigenvalue weighted by atomic mass is 10.1. The summed E-state index contributed by atoms with van der Waals surface area (Å²) in [5.41, 5.74) is 1.05. The lowest BCUT2D eigenvalue weighted by Crippen LogP contribution is -2.36. The second-order valence-corrected chi connectivity index (χ2v) is 7.72. The van der Waals surface area contributed by atoms with Gasteiger partial charge in [0.25, 0.3) is 0 Å². The van der Waals surface area contributed by atoms with Crippen molar-refractivity contribution in [3.05, 3.63) is 29.8 Å². The summed E-state index contributed by atoms with van der Waals surface area (Å²) < 4.78 is 28.6. The number of fused-ring (bicyclic) bond motifs is 1. The van der Waals surface area contributed by atoms with E-state index in [0.717, 1.165) is 11.3 Å². The molecule has 0 aliphatic carbocycles. The van der Waals surface area contributed by atoms with Crippen LogP contribution in [0.3, 0.4) is 0 Å². The Kier molecular flexibility index (Phi) is 3.33. The lowest BCUT2D eigenvalue weighted by Gasteiger charge is -2.23. The topological polar surface area (TPSA) is 58.6 Å². The monoisotopic (exact) mass is 312 g/mol. The molecule has 2 aliphatic rings. The molecule has 20 heavy (non-hydrogen) atoms. The van der Waals surface area contributed by atoms with Crippen LogP contribution in [-0.4, -0.2) is 49.1 Å². The maximum absolute atomic E-state index is 11.7. The van der Waals surface area contributed by atoms with Gasteiger partial charge < -0.3 is 15.0 Å². The molecule has 0 saturated carbocycles. The second kappa shape index (κ2) is 4.89. The van der Waals surface area contributed by atoms with Crippen LogP contribution in [0.25, 0.3) is 0 Å². The van der Waals surface area contributed by atoms with Gasteiger partial charge in [0, 0.05) is 6.54 Å². The second-order valence-electron chi connectivity index (χ2n) is 5.18. The maximum Gasteiger partial charge on any atom is 0.169 e. The molecule has 2 fully saturated rings. The molecule has 1 N–H and O–H groups in total. The molecule has 2 atom stereocenters. The fraction of sp³-hybridized carbons (Fsp3) is 0.462. The zero-order valence-corrected chi connectivity index (χ0v) is 12.7. The number of methoxy groups -OCH3 is 1. The van der Waals surface area contributed by atoms with Crippen molar-refractivity contribution in [1.29, 1.82) is 0 Å². The van der Waals surface area contributed by atoms with Crippen molar-refractivity contribution >= 4 is 27.2 Å². The first-order valence-electron chi connectivity index (χ1n) is 6.39. The van der Waals surface area contributed by atoms with Gasteiger partial charge in [-0.05, 0) is 29.9 Å². The van der Waals surface area contributed by atoms with Gasteiger partial charge in [-0.3, -0.25) is 0 Å². The van der Waals surface area contributed by atoms with Gasteiger partial charge in [0.1, 0.15) is 5.75 Å². The average Bonchev–Trinajstić information content (AvgIpc) is 2.83. The van der Waals surface area contributed by atoms with Crippen molar-refractivity contribution in [3.63, 3.8) is 0 Å². The lowest BCUT2D eigenvalue weighted by molar-refractivity contribution is 0.347. The number of hydrogen-bond acceptors (Lipinski definition) is 4. The normalized spacial score (nSPS) is 27.2. The number of nitrogens with zero attached hydrogens (tertiary/aromatic N) is 1. The fourth-order valence-electron chi connectivity index (χ4n) is 2.82. The smallest absolute Gasteiger partial charge is 0.169 e. The summed E-state index contributed by atoms with van der Waals surface area (Å²) in [5, 5.41) is 3.75. The molecule has 2 saturated heterocycles. The van der Waals surface area contributed by atoms with Crippen LogP contribution < -0.4 is 10.1 Å². The highest BCUT2D eigenvalue weighted by Gasteiger charge is 2.46. The Morgan fingerprint density at radius 3 is 3.00 bits per heavy atom. The third-order valence-corrected chi connectivity index (χ3v) is 5.85. The molecule has 7 heteroatoms. The quantitative estimate of drug-likeness (QED) is 0.823. The Labute approximate surface area is 123 Å². The molecular formula is C13H16N2O3S2. The predicted molar refractivity (Wildman–Crippen MR) is 80.5 cm³/mol. The van der Waals surface area contributed by atoms with Gasteiger partial charge in [-0.15, -0.1) is 0 Å². The minimum Gasteiger partial charge on any atom is -0.497 e. The third kappa shape index (κ3) is 2.47. The van der Waals surface area contributed by atoms with E-state index in [0.29, 0.717) is 11.7 Å². The Morgan fingerprint density at radius 1 is 1.45 bits per heavy atom. The van der Waals surface area contributed by atoms with Crippen LogP contribution in [0.1, 0.15) is 5.56 Å². The van der Waals surface area contributed by atoms with Gasteiger partial charge in [-0.1, -0.05) is 12.1 Å². The largest absolute Gasteiger partial charge is 0.497 e. The maximum atomic E-state index is 11.7. The first-order chi connectivity index (χ1) is 9.48. The van der Waals surface area contributed by atoms with Gasteiger partial charge >= 0.3 is 0 Å². The molecule has 0 amide bonds. The number of rotatable bonds is 3. The first-order valence-corrected chi connectivity index (χ1v) is 8.62. The van der Waals surface area contributed by atoms with Crippen LogP contribution >= 0.6 is 12.2 Å². The number of thiocarbonyl (C=S) groups is 1. The van der Waals surface area contributed by atoms with Gasteiger partial charge in [-0.25, -0.2) is 8.42 Å². The van der Waals surface area contributed by atoms with E-state index in [4.69, 9.17) is 17.0 Å². The van der Waals surface area contributed by atoms with E-state index in [1.807, 2.05) is 29.2 Å². The van der Waals surface area contributed by atoms with Crippen molar-refractivity contribution < 1.29 is 13.2 Å². The van der Waals surface area contributed by atoms with Crippen molar-refractivity contribution in [2.45, 2.75) is 18.6 Å². The molecule has 5 nitrogen and oxygen atoms in total. The summed E-state index contributed by atoms with van der Waals surface area (Å²) in [4.78, 5) is 1.97. The number of sulfone groups is 1. The number of ether oxygens (including phenoxy) is 1. The molecule has 2 unspecified atom stereocenters. The van der Waals surface area contributed by atoms with Crippen molar-refractivity contribution in [2.24, 2.45) is 0 Å². The summed E-state index contributed by atoms with van der Waals surface area (Å²) in [6.07, 6.45) is 0. The Bertz CT molecular complexity index is 645. The Morgan fingerprint density at radius 2 is 2.25 bits per heavy atom. The molecule has 2 heterocycles. The van der Waals surface area contributed by atoms with Crippen LogP contribution in [0.2, 0.25) is 0 Å². The number of benzene rings is 1. The van der Waals surface area contributed by atoms with Crippen LogP contribution in [0.4, 0.5) is 0 Å². The van der Waals surface area contributed by atoms with Gasteiger partial charge in [0.2, 0.25) is 0 Å². The molecule has 108 valence electrons. The number of hydrogen-bond donors (Lipinski definition) is 1. The molecule has 2 aliphatic heterocycles. The summed E-state index contributed by atoms with van der Waals surface area (Å²) in [5.74, 6) is 1.14. The van der Waals surface area contributed by atoms with Gasteiger partial charge in [-0.2, -0.15) is 0 Å². The molecule has 0 aromatic heterocycles. The third-order valence-electron chi connectivity index (χ3n) is 3.78. The van der Waals surface area contributed by atoms with E-state index >= 15 is 0 Å². The minimum atomic E-state index is -2.96. The molecule has 0 spiro atoms. The van der Waals surface area contributed by atoms with Gasteiger partial charge in [0.05, 0.1) is 30.7 Å². The highest BCUT2D eigenvalue weighted by atomic mass is 32.2. The summed E-state index contributed by atoms with van der Waals surface area (Å²) in [6.45, 7) is 0.597. The van der Waals surface area contributed by atoms with E-state index in [-0.39, 0.29) is 23.6 Å². The standard InChI is InChI=1S/C13H16N2O3S2/c1-18-10-4-2-3-9(5-10)6-15-12-8-20(16,17)7-11(12)14-13(15)19/h2-5,11-12H,6-8H2,1H3,(H,14,19). The molecule has 3 rings (SSSR count). The number of nitrogens with one attached hydrogen (secondary N) is 1. The van der Waals surface area contributed by atoms with Crippen LogP contribution in [0.15, 0.2) is 24.3 Å². The van der Waals surface area contributed by atoms with Crippen LogP contribution in [0.5, 0.6) is 5.75 Å². The highest BCUT2D eigenvalue weighted by molar-refractivity contribution is 7.91. The Balaban J connectivity index is 1.81. The van der Waals surface area contributed by atoms with Crippen molar-refractivity contribution in [2.75, 3.05) is 18.6 Å². The predicted octanol–water partition coefficient (Wildman–Crippen LogP) is 0.551. The zero-order valence-electron chi connectivity index (χ0n) is 11.1. The fourth-order valence-corrected chi connectivity index (χ4v) is 5.10. The minimum absolute atomic E-state index is 0.0568. The molecule has 1 aromatic rings. The average molecular weight is 312 g/mol. The Hall–Kier alpha value is -1.34. The van der Waals surface area contributed by atoms with Crippen molar-refractivity contribution in [1.82, 2.24) is 10.2 Å². The molecule has 0 bridgehead atoms. The van der Waals surface area contributed by atoms with E-state index < -0.39 is 9.84 Å². The molecular weight excluding hydrogens is 296 g/mol. The summed E-state index contributed by atoms with van der Waals surface area (Å²) >= 11 is 5.32. The van der Waals surface area contributed by atoms with Gasteiger partial charge in [0.15, 0.2) is 14.9 Å². The summed E-state index contributed by atoms with van der Waals surface area (Å²) in [7, 11) is -1.33. The molecule has 0 radical (unpaired) electrons. The van der Waals surface area contributed by atoms with E-state index in [1.165, 1.54) is 0 Å². The molecule has 1 aromatic carbocycles. The van der Waals surface area contributed by atoms with Crippen molar-refractivity contribution in [3.8, 4) is 5.75 Å².